The maximum absolute atomic E-state index is 12.5. The molecule has 184 valence electrons. The maximum Gasteiger partial charge on any atom is 0.490 e. The van der Waals surface area contributed by atoms with Gasteiger partial charge in [0.05, 0.1) is 17.8 Å². The van der Waals surface area contributed by atoms with Crippen LogP contribution in [0.4, 0.5) is 13.2 Å². The van der Waals surface area contributed by atoms with Crippen molar-refractivity contribution in [2.75, 3.05) is 38.2 Å². The molecule has 1 aromatic heterocycles. The second-order valence-electron chi connectivity index (χ2n) is 7.79. The fraction of sp³-hybridized carbons (Fsp3) is 0.579. The van der Waals surface area contributed by atoms with E-state index < -0.39 is 27.4 Å². The van der Waals surface area contributed by atoms with E-state index in [1.165, 1.54) is 0 Å². The molecule has 3 heterocycles. The van der Waals surface area contributed by atoms with E-state index in [0.29, 0.717) is 38.5 Å². The molecule has 33 heavy (non-hydrogen) atoms. The first-order chi connectivity index (χ1) is 15.2. The van der Waals surface area contributed by atoms with Gasteiger partial charge >= 0.3 is 12.1 Å². The Kier molecular flexibility index (Phi) is 8.27. The number of rotatable bonds is 6. The number of carbonyl (C=O) groups excluding carboxylic acids is 2. The molecular formula is C19H24F3N3O7S. The van der Waals surface area contributed by atoms with Gasteiger partial charge in [-0.2, -0.15) is 13.2 Å². The SMILES string of the molecule is CS(=O)(=O)CCC(=O)N1CC[C@]2(C1)C(=O)NC[C@H]2COc1ccccn1.O=C(O)C(F)(F)F. The average Bonchev–Trinajstić information content (AvgIpc) is 3.30. The summed E-state index contributed by atoms with van der Waals surface area (Å²) in [5.74, 6) is -2.78. The number of ether oxygens (including phenoxy) is 1. The predicted octanol–water partition coefficient (Wildman–Crippen LogP) is 0.493. The van der Waals surface area contributed by atoms with Gasteiger partial charge in [-0.1, -0.05) is 6.07 Å². The first-order valence-electron chi connectivity index (χ1n) is 9.82. The van der Waals surface area contributed by atoms with Crippen LogP contribution in [0.5, 0.6) is 5.88 Å². The topological polar surface area (TPSA) is 143 Å². The lowest BCUT2D eigenvalue weighted by molar-refractivity contribution is -0.192. The first-order valence-corrected chi connectivity index (χ1v) is 11.9. The summed E-state index contributed by atoms with van der Waals surface area (Å²) in [7, 11) is -3.19. The van der Waals surface area contributed by atoms with Crippen LogP contribution in [0.1, 0.15) is 12.8 Å². The molecule has 2 aliphatic heterocycles. The minimum atomic E-state index is -5.08. The Balaban J connectivity index is 0.000000479. The Bertz CT molecular complexity index is 973. The van der Waals surface area contributed by atoms with Crippen molar-refractivity contribution in [1.29, 1.82) is 0 Å². The van der Waals surface area contributed by atoms with Crippen molar-refractivity contribution in [3.8, 4) is 5.88 Å². The van der Waals surface area contributed by atoms with Gasteiger partial charge in [0.15, 0.2) is 0 Å². The van der Waals surface area contributed by atoms with E-state index in [4.69, 9.17) is 14.6 Å². The lowest BCUT2D eigenvalue weighted by atomic mass is 9.77. The summed E-state index contributed by atoms with van der Waals surface area (Å²) in [6, 6.07) is 5.38. The number of aromatic nitrogens is 1. The van der Waals surface area contributed by atoms with Crippen LogP contribution in [0.2, 0.25) is 0 Å². The van der Waals surface area contributed by atoms with Crippen molar-refractivity contribution < 1.29 is 45.8 Å². The number of nitrogens with one attached hydrogen (secondary N) is 1. The van der Waals surface area contributed by atoms with Crippen molar-refractivity contribution in [3.05, 3.63) is 24.4 Å². The number of amides is 2. The Hall–Kier alpha value is -2.90. The van der Waals surface area contributed by atoms with Crippen molar-refractivity contribution >= 4 is 27.6 Å². The average molecular weight is 495 g/mol. The minimum absolute atomic E-state index is 0.0500. The summed E-state index contributed by atoms with van der Waals surface area (Å²) in [5, 5.41) is 10.0. The molecule has 0 radical (unpaired) electrons. The summed E-state index contributed by atoms with van der Waals surface area (Å²) < 4.78 is 60.0. The third kappa shape index (κ3) is 7.30. The summed E-state index contributed by atoms with van der Waals surface area (Å²) in [4.78, 5) is 39.4. The molecule has 1 aromatic rings. The van der Waals surface area contributed by atoms with Gasteiger partial charge in [-0.15, -0.1) is 0 Å². The van der Waals surface area contributed by atoms with Gasteiger partial charge in [-0.25, -0.2) is 18.2 Å². The molecule has 3 rings (SSSR count). The zero-order valence-electron chi connectivity index (χ0n) is 17.7. The fourth-order valence-electron chi connectivity index (χ4n) is 3.60. The molecule has 0 bridgehead atoms. The number of halogens is 3. The molecule has 2 N–H and O–H groups in total. The second-order valence-corrected chi connectivity index (χ2v) is 10.0. The zero-order chi connectivity index (χ0) is 24.9. The lowest BCUT2D eigenvalue weighted by Gasteiger charge is -2.28. The van der Waals surface area contributed by atoms with E-state index in [9.17, 15) is 31.2 Å². The smallest absolute Gasteiger partial charge is 0.477 e. The number of sulfone groups is 1. The molecule has 14 heteroatoms. The number of likely N-dealkylation sites (tertiary alicyclic amines) is 1. The molecule has 2 fully saturated rings. The van der Waals surface area contributed by atoms with Crippen LogP contribution in [-0.4, -0.2) is 85.6 Å². The van der Waals surface area contributed by atoms with Crippen LogP contribution in [0.3, 0.4) is 0 Å². The number of pyridine rings is 1. The monoisotopic (exact) mass is 495 g/mol. The minimum Gasteiger partial charge on any atom is -0.477 e. The normalized spacial score (nSPS) is 22.5. The van der Waals surface area contributed by atoms with Gasteiger partial charge in [-0.3, -0.25) is 9.59 Å². The van der Waals surface area contributed by atoms with Gasteiger partial charge in [-0.05, 0) is 12.5 Å². The number of hydrogen-bond donors (Lipinski definition) is 2. The Morgan fingerprint density at radius 3 is 2.58 bits per heavy atom. The fourth-order valence-corrected chi connectivity index (χ4v) is 4.15. The summed E-state index contributed by atoms with van der Waals surface area (Å²) in [5.41, 5.74) is -0.671. The molecule has 2 aliphatic rings. The molecule has 2 amide bonds. The summed E-state index contributed by atoms with van der Waals surface area (Å²) >= 11 is 0. The molecule has 0 aromatic carbocycles. The van der Waals surface area contributed by atoms with E-state index >= 15 is 0 Å². The number of aliphatic carboxylic acids is 1. The van der Waals surface area contributed by atoms with Crippen LogP contribution >= 0.6 is 0 Å². The zero-order valence-corrected chi connectivity index (χ0v) is 18.5. The third-order valence-corrected chi connectivity index (χ3v) is 6.34. The number of carboxylic acids is 1. The van der Waals surface area contributed by atoms with Crippen molar-refractivity contribution in [2.24, 2.45) is 11.3 Å². The largest absolute Gasteiger partial charge is 0.490 e. The number of hydrogen-bond acceptors (Lipinski definition) is 7. The van der Waals surface area contributed by atoms with Crippen molar-refractivity contribution in [3.63, 3.8) is 0 Å². The number of carbonyl (C=O) groups is 3. The van der Waals surface area contributed by atoms with E-state index in [-0.39, 0.29) is 29.9 Å². The van der Waals surface area contributed by atoms with Crippen LogP contribution < -0.4 is 10.1 Å². The Morgan fingerprint density at radius 1 is 1.36 bits per heavy atom. The number of nitrogens with zero attached hydrogens (tertiary/aromatic N) is 2. The number of carboxylic acid groups (broad SMARTS) is 1. The van der Waals surface area contributed by atoms with Crippen LogP contribution in [0.15, 0.2) is 24.4 Å². The summed E-state index contributed by atoms with van der Waals surface area (Å²) in [6.07, 6.45) is -1.83. The standard InChI is InChI=1S/C17H23N3O5S.C2HF3O2/c1-26(23,24)9-5-15(21)20-8-6-17(12-20)13(10-19-16(17)22)11-25-14-4-2-3-7-18-14;3-2(4,5)1(6)7/h2-4,7,13H,5-6,8-12H2,1H3,(H,19,22);(H,6,7)/t13-,17+;/m0./s1. The van der Waals surface area contributed by atoms with Crippen LogP contribution in [-0.2, 0) is 24.2 Å². The van der Waals surface area contributed by atoms with Gasteiger partial charge in [0.2, 0.25) is 17.7 Å². The Morgan fingerprint density at radius 2 is 2.03 bits per heavy atom. The van der Waals surface area contributed by atoms with Crippen LogP contribution in [0.25, 0.3) is 0 Å². The predicted molar refractivity (Wildman–Crippen MR) is 108 cm³/mol. The molecule has 2 saturated heterocycles. The van der Waals surface area contributed by atoms with E-state index in [2.05, 4.69) is 10.3 Å². The second kappa shape index (κ2) is 10.4. The van der Waals surface area contributed by atoms with Gasteiger partial charge in [0.25, 0.3) is 0 Å². The quantitative estimate of drug-likeness (QED) is 0.581. The molecule has 2 atom stereocenters. The molecule has 10 nitrogen and oxygen atoms in total. The van der Waals surface area contributed by atoms with Gasteiger partial charge in [0, 0.05) is 50.5 Å². The maximum atomic E-state index is 12.5. The van der Waals surface area contributed by atoms with E-state index in [1.54, 1.807) is 23.2 Å². The highest BCUT2D eigenvalue weighted by molar-refractivity contribution is 7.90. The molecule has 1 spiro atoms. The van der Waals surface area contributed by atoms with Crippen LogP contribution in [0, 0.1) is 11.3 Å². The van der Waals surface area contributed by atoms with Crippen molar-refractivity contribution in [2.45, 2.75) is 19.0 Å². The molecule has 0 saturated carbocycles. The van der Waals surface area contributed by atoms with Crippen molar-refractivity contribution in [1.82, 2.24) is 15.2 Å². The highest BCUT2D eigenvalue weighted by Crippen LogP contribution is 2.42. The van der Waals surface area contributed by atoms with Gasteiger partial charge in [0.1, 0.15) is 9.84 Å². The first kappa shape index (κ1) is 26.4. The molecule has 0 aliphatic carbocycles. The highest BCUT2D eigenvalue weighted by atomic mass is 32.2. The number of alkyl halides is 3. The molecular weight excluding hydrogens is 471 g/mol. The third-order valence-electron chi connectivity index (χ3n) is 5.40. The summed E-state index contributed by atoms with van der Waals surface area (Å²) in [6.45, 7) is 1.59. The van der Waals surface area contributed by atoms with E-state index in [1.807, 2.05) is 6.07 Å². The molecule has 0 unspecified atom stereocenters. The lowest BCUT2D eigenvalue weighted by Crippen LogP contribution is -2.41. The highest BCUT2D eigenvalue weighted by Gasteiger charge is 2.55. The Labute approximate surface area is 188 Å². The van der Waals surface area contributed by atoms with E-state index in [0.717, 1.165) is 6.26 Å². The van der Waals surface area contributed by atoms with Gasteiger partial charge < -0.3 is 20.1 Å².